The van der Waals surface area contributed by atoms with Gasteiger partial charge in [0, 0.05) is 29.4 Å². The number of aryl methyl sites for hydroxylation is 2. The maximum absolute atomic E-state index is 11.7. The molecule has 0 radical (unpaired) electrons. The third-order valence-electron chi connectivity index (χ3n) is 5.65. The molecule has 0 saturated carbocycles. The van der Waals surface area contributed by atoms with E-state index in [1.807, 2.05) is 32.0 Å². The van der Waals surface area contributed by atoms with Crippen molar-refractivity contribution in [3.05, 3.63) is 63.9 Å². The van der Waals surface area contributed by atoms with Gasteiger partial charge in [-0.05, 0) is 81.5 Å². The molecular formula is C28H32O4. The number of benzene rings is 2. The molecule has 168 valence electrons. The van der Waals surface area contributed by atoms with Crippen LogP contribution in [-0.4, -0.2) is 12.6 Å². The number of esters is 1. The van der Waals surface area contributed by atoms with E-state index in [9.17, 15) is 4.79 Å². The minimum Gasteiger partial charge on any atom is -0.488 e. The Hall–Kier alpha value is -3.19. The number of hydrogen-bond donors (Lipinski definition) is 0. The Labute approximate surface area is 190 Å². The van der Waals surface area contributed by atoms with Gasteiger partial charge in [-0.15, -0.1) is 5.92 Å². The summed E-state index contributed by atoms with van der Waals surface area (Å²) in [6.45, 7) is 10.8. The normalized spacial score (nSPS) is 10.7. The van der Waals surface area contributed by atoms with Crippen molar-refractivity contribution in [3.8, 4) is 17.6 Å². The summed E-state index contributed by atoms with van der Waals surface area (Å²) >= 11 is 0. The molecule has 1 aromatic heterocycles. The van der Waals surface area contributed by atoms with Crippen LogP contribution in [0.2, 0.25) is 0 Å². The summed E-state index contributed by atoms with van der Waals surface area (Å²) in [6, 6.07) is 10.3. The van der Waals surface area contributed by atoms with E-state index in [4.69, 9.17) is 13.9 Å². The molecule has 0 aliphatic rings. The number of ether oxygens (including phenoxy) is 2. The highest BCUT2D eigenvalue weighted by Gasteiger charge is 2.13. The summed E-state index contributed by atoms with van der Waals surface area (Å²) in [5, 5.41) is 1.06. The molecule has 32 heavy (non-hydrogen) atoms. The average Bonchev–Trinajstić information content (AvgIpc) is 3.17. The first-order chi connectivity index (χ1) is 15.5. The third kappa shape index (κ3) is 5.53. The van der Waals surface area contributed by atoms with E-state index in [0.717, 1.165) is 63.1 Å². The summed E-state index contributed by atoms with van der Waals surface area (Å²) in [5.41, 5.74) is 6.19. The van der Waals surface area contributed by atoms with Crippen LogP contribution < -0.4 is 4.74 Å². The van der Waals surface area contributed by atoms with E-state index in [1.54, 1.807) is 0 Å². The molecule has 3 rings (SSSR count). The lowest BCUT2D eigenvalue weighted by atomic mass is 9.99. The van der Waals surface area contributed by atoms with Gasteiger partial charge in [0.25, 0.3) is 0 Å². The van der Waals surface area contributed by atoms with E-state index in [2.05, 4.69) is 44.7 Å². The van der Waals surface area contributed by atoms with Crippen molar-refractivity contribution in [3.63, 3.8) is 0 Å². The summed E-state index contributed by atoms with van der Waals surface area (Å²) in [4.78, 5) is 11.7. The first-order valence-corrected chi connectivity index (χ1v) is 11.3. The van der Waals surface area contributed by atoms with E-state index < -0.39 is 0 Å². The van der Waals surface area contributed by atoms with Gasteiger partial charge in [-0.3, -0.25) is 4.79 Å². The van der Waals surface area contributed by atoms with Gasteiger partial charge in [-0.2, -0.15) is 0 Å². The molecule has 0 aliphatic carbocycles. The Bertz CT molecular complexity index is 1160. The number of carbonyl (C=O) groups is 1. The summed E-state index contributed by atoms with van der Waals surface area (Å²) in [6.07, 6.45) is 3.00. The molecule has 1 heterocycles. The lowest BCUT2D eigenvalue weighted by Gasteiger charge is -2.15. The first-order valence-electron chi connectivity index (χ1n) is 11.3. The smallest absolute Gasteiger partial charge is 0.306 e. The topological polar surface area (TPSA) is 48.7 Å². The molecule has 0 unspecified atom stereocenters. The zero-order valence-electron chi connectivity index (χ0n) is 19.8. The maximum Gasteiger partial charge on any atom is 0.306 e. The largest absolute Gasteiger partial charge is 0.488 e. The molecule has 3 aromatic rings. The Balaban J connectivity index is 1.81. The zero-order chi connectivity index (χ0) is 23.1. The number of furan rings is 1. The molecule has 0 fully saturated rings. The molecule has 0 spiro atoms. The minimum atomic E-state index is -0.162. The van der Waals surface area contributed by atoms with Crippen molar-refractivity contribution in [2.75, 3.05) is 6.61 Å². The van der Waals surface area contributed by atoms with E-state index >= 15 is 0 Å². The highest BCUT2D eigenvalue weighted by molar-refractivity contribution is 5.83. The third-order valence-corrected chi connectivity index (χ3v) is 5.65. The molecule has 0 aliphatic heterocycles. The van der Waals surface area contributed by atoms with Crippen LogP contribution in [-0.2, 0) is 29.0 Å². The van der Waals surface area contributed by atoms with Crippen molar-refractivity contribution in [1.82, 2.24) is 0 Å². The molecule has 0 saturated heterocycles. The van der Waals surface area contributed by atoms with Crippen LogP contribution in [0.1, 0.15) is 67.2 Å². The minimum absolute atomic E-state index is 0.162. The molecule has 0 bridgehead atoms. The lowest BCUT2D eigenvalue weighted by molar-refractivity contribution is -0.143. The summed E-state index contributed by atoms with van der Waals surface area (Å²) in [7, 11) is 0. The van der Waals surface area contributed by atoms with E-state index in [1.165, 1.54) is 0 Å². The molecule has 0 atom stereocenters. The molecular weight excluding hydrogens is 400 g/mol. The second-order valence-electron chi connectivity index (χ2n) is 7.96. The second kappa shape index (κ2) is 10.9. The van der Waals surface area contributed by atoms with E-state index in [0.29, 0.717) is 26.1 Å². The predicted octanol–water partition coefficient (Wildman–Crippen LogP) is 6.45. The van der Waals surface area contributed by atoms with Gasteiger partial charge in [0.05, 0.1) is 6.61 Å². The van der Waals surface area contributed by atoms with Crippen molar-refractivity contribution < 1.29 is 18.7 Å². The van der Waals surface area contributed by atoms with Gasteiger partial charge in [0.2, 0.25) is 0 Å². The number of fused-ring (bicyclic) bond motifs is 1. The fourth-order valence-electron chi connectivity index (χ4n) is 3.88. The van der Waals surface area contributed by atoms with Crippen molar-refractivity contribution in [1.29, 1.82) is 0 Å². The average molecular weight is 433 g/mol. The zero-order valence-corrected chi connectivity index (χ0v) is 19.8. The van der Waals surface area contributed by atoms with Crippen molar-refractivity contribution >= 4 is 16.9 Å². The van der Waals surface area contributed by atoms with Gasteiger partial charge in [-0.1, -0.05) is 18.9 Å². The Kier molecular flexibility index (Phi) is 8.00. The predicted molar refractivity (Wildman–Crippen MR) is 128 cm³/mol. The van der Waals surface area contributed by atoms with Gasteiger partial charge in [0.15, 0.2) is 0 Å². The number of carbonyl (C=O) groups excluding carboxylic acids is 1. The first kappa shape index (κ1) is 23.5. The molecule has 4 heteroatoms. The highest BCUT2D eigenvalue weighted by atomic mass is 16.5. The Morgan fingerprint density at radius 2 is 1.84 bits per heavy atom. The van der Waals surface area contributed by atoms with Gasteiger partial charge < -0.3 is 13.9 Å². The fraction of sp³-hybridized carbons (Fsp3) is 0.393. The summed E-state index contributed by atoms with van der Waals surface area (Å²) in [5.74, 6) is 7.80. The number of hydrogen-bond acceptors (Lipinski definition) is 4. The second-order valence-corrected chi connectivity index (χ2v) is 7.96. The highest BCUT2D eigenvalue weighted by Crippen LogP contribution is 2.29. The van der Waals surface area contributed by atoms with Crippen LogP contribution in [0.4, 0.5) is 0 Å². The standard InChI is InChI=1S/C28H32O4/c1-6-9-21-15-23-17-25(10-7-2)32-28(23)24(16-21)18-31-26-13-11-22(19(4)20(26)5)12-14-27(29)30-8-3/h11,13,15-17H,7-8,10,12,14,18H2,1-5H3. The fourth-order valence-corrected chi connectivity index (χ4v) is 3.88. The molecule has 0 amide bonds. The quantitative estimate of drug-likeness (QED) is 0.288. The van der Waals surface area contributed by atoms with E-state index in [-0.39, 0.29) is 5.97 Å². The van der Waals surface area contributed by atoms with Crippen LogP contribution in [0.5, 0.6) is 5.75 Å². The van der Waals surface area contributed by atoms with Crippen LogP contribution >= 0.6 is 0 Å². The molecule has 0 N–H and O–H groups in total. The monoisotopic (exact) mass is 432 g/mol. The van der Waals surface area contributed by atoms with Gasteiger partial charge >= 0.3 is 5.97 Å². The van der Waals surface area contributed by atoms with Crippen LogP contribution in [0.3, 0.4) is 0 Å². The molecule has 4 nitrogen and oxygen atoms in total. The van der Waals surface area contributed by atoms with Crippen molar-refractivity contribution in [2.24, 2.45) is 0 Å². The maximum atomic E-state index is 11.7. The molecule has 2 aromatic carbocycles. The van der Waals surface area contributed by atoms with Crippen LogP contribution in [0.15, 0.2) is 34.7 Å². The Morgan fingerprint density at radius 3 is 2.56 bits per heavy atom. The summed E-state index contributed by atoms with van der Waals surface area (Å²) < 4.78 is 17.4. The van der Waals surface area contributed by atoms with Gasteiger partial charge in [0.1, 0.15) is 23.7 Å². The van der Waals surface area contributed by atoms with Gasteiger partial charge in [-0.25, -0.2) is 0 Å². The van der Waals surface area contributed by atoms with Crippen LogP contribution in [0.25, 0.3) is 11.0 Å². The lowest BCUT2D eigenvalue weighted by Crippen LogP contribution is -2.06. The SMILES string of the molecule is CC#Cc1cc(COc2ccc(CCC(=O)OCC)c(C)c2C)c2oc(CCC)cc2c1. The Morgan fingerprint density at radius 1 is 1.03 bits per heavy atom. The number of rotatable bonds is 9. The van der Waals surface area contributed by atoms with Crippen molar-refractivity contribution in [2.45, 2.75) is 66.9 Å². The van der Waals surface area contributed by atoms with Crippen LogP contribution in [0, 0.1) is 25.7 Å².